The van der Waals surface area contributed by atoms with Crippen molar-refractivity contribution in [3.8, 4) is 5.75 Å². The minimum atomic E-state index is 0.492. The van der Waals surface area contributed by atoms with Crippen molar-refractivity contribution in [2.75, 3.05) is 0 Å². The van der Waals surface area contributed by atoms with E-state index in [1.165, 1.54) is 5.56 Å². The summed E-state index contributed by atoms with van der Waals surface area (Å²) in [5.74, 6) is 0.930. The van der Waals surface area contributed by atoms with Gasteiger partial charge in [-0.15, -0.1) is 0 Å². The van der Waals surface area contributed by atoms with Crippen LogP contribution in [0.4, 0.5) is 0 Å². The van der Waals surface area contributed by atoms with Gasteiger partial charge in [0.15, 0.2) is 0 Å². The number of nitrogens with zero attached hydrogens (tertiary/aromatic N) is 2. The maximum absolute atomic E-state index is 5.95. The van der Waals surface area contributed by atoms with Crippen molar-refractivity contribution in [2.24, 2.45) is 7.05 Å². The van der Waals surface area contributed by atoms with Gasteiger partial charge in [-0.25, -0.2) is 0 Å². The van der Waals surface area contributed by atoms with Crippen LogP contribution in [0.5, 0.6) is 5.75 Å². The molecule has 0 fully saturated rings. The molecule has 3 nitrogen and oxygen atoms in total. The van der Waals surface area contributed by atoms with Crippen molar-refractivity contribution >= 4 is 10.9 Å². The first kappa shape index (κ1) is 12.7. The summed E-state index contributed by atoms with van der Waals surface area (Å²) in [5, 5.41) is 5.70. The molecule has 0 unspecified atom stereocenters. The van der Waals surface area contributed by atoms with Gasteiger partial charge in [-0.2, -0.15) is 5.10 Å². The molecule has 102 valence electrons. The Bertz CT molecular complexity index is 759. The minimum absolute atomic E-state index is 0.492. The highest BCUT2D eigenvalue weighted by atomic mass is 16.5. The third kappa shape index (κ3) is 2.27. The van der Waals surface area contributed by atoms with Crippen LogP contribution >= 0.6 is 0 Å². The lowest BCUT2D eigenvalue weighted by Crippen LogP contribution is -1.99. The number of benzene rings is 2. The number of rotatable bonds is 3. The van der Waals surface area contributed by atoms with Crippen LogP contribution in [0.3, 0.4) is 0 Å². The molecule has 3 aromatic rings. The molecule has 0 amide bonds. The zero-order valence-corrected chi connectivity index (χ0v) is 12.1. The molecule has 0 atom stereocenters. The van der Waals surface area contributed by atoms with Gasteiger partial charge in [-0.1, -0.05) is 30.3 Å². The van der Waals surface area contributed by atoms with Crippen LogP contribution in [0.15, 0.2) is 42.5 Å². The van der Waals surface area contributed by atoms with Gasteiger partial charge in [0.05, 0.1) is 5.52 Å². The largest absolute Gasteiger partial charge is 0.487 e. The number of hydrogen-bond donors (Lipinski definition) is 0. The van der Waals surface area contributed by atoms with Crippen LogP contribution in [0.25, 0.3) is 10.9 Å². The molecule has 0 bridgehead atoms. The quantitative estimate of drug-likeness (QED) is 0.721. The van der Waals surface area contributed by atoms with Crippen LogP contribution in [-0.4, -0.2) is 9.78 Å². The summed E-state index contributed by atoms with van der Waals surface area (Å²) in [6, 6.07) is 14.5. The summed E-state index contributed by atoms with van der Waals surface area (Å²) < 4.78 is 7.85. The molecule has 20 heavy (non-hydrogen) atoms. The smallest absolute Gasteiger partial charge is 0.133 e. The molecule has 0 radical (unpaired) electrons. The van der Waals surface area contributed by atoms with E-state index in [1.807, 2.05) is 23.9 Å². The highest BCUT2D eigenvalue weighted by Crippen LogP contribution is 2.23. The van der Waals surface area contributed by atoms with E-state index < -0.39 is 0 Å². The van der Waals surface area contributed by atoms with E-state index in [-0.39, 0.29) is 0 Å². The first-order valence-corrected chi connectivity index (χ1v) is 6.76. The Kier molecular flexibility index (Phi) is 3.18. The molecule has 0 saturated carbocycles. The van der Waals surface area contributed by atoms with E-state index >= 15 is 0 Å². The average Bonchev–Trinajstić information content (AvgIpc) is 2.77. The topological polar surface area (TPSA) is 27.1 Å². The molecular weight excluding hydrogens is 248 g/mol. The maximum Gasteiger partial charge on any atom is 0.133 e. The lowest BCUT2D eigenvalue weighted by atomic mass is 10.1. The predicted octanol–water partition coefficient (Wildman–Crippen LogP) is 3.77. The number of aromatic nitrogens is 2. The molecule has 1 heterocycles. The first-order chi connectivity index (χ1) is 9.65. The average molecular weight is 266 g/mol. The van der Waals surface area contributed by atoms with Crippen molar-refractivity contribution in [1.82, 2.24) is 9.78 Å². The summed E-state index contributed by atoms with van der Waals surface area (Å²) in [7, 11) is 1.96. The fourth-order valence-corrected chi connectivity index (χ4v) is 2.40. The second-order valence-electron chi connectivity index (χ2n) is 5.15. The number of hydrogen-bond acceptors (Lipinski definition) is 2. The van der Waals surface area contributed by atoms with E-state index in [0.717, 1.165) is 27.9 Å². The van der Waals surface area contributed by atoms with Gasteiger partial charge in [0, 0.05) is 12.4 Å². The van der Waals surface area contributed by atoms with Crippen LogP contribution in [-0.2, 0) is 13.7 Å². The van der Waals surface area contributed by atoms with Crippen LogP contribution < -0.4 is 4.74 Å². The SMILES string of the molecule is Cc1ccc(C)c(OCc2nn(C)c3ccccc23)c1. The molecule has 3 heteroatoms. The lowest BCUT2D eigenvalue weighted by molar-refractivity contribution is 0.299. The molecule has 1 aromatic heterocycles. The Balaban J connectivity index is 1.89. The van der Waals surface area contributed by atoms with Gasteiger partial charge in [-0.05, 0) is 37.1 Å². The minimum Gasteiger partial charge on any atom is -0.487 e. The highest BCUT2D eigenvalue weighted by molar-refractivity contribution is 5.81. The van der Waals surface area contributed by atoms with Crippen LogP contribution in [0.1, 0.15) is 16.8 Å². The van der Waals surface area contributed by atoms with Crippen molar-refractivity contribution in [2.45, 2.75) is 20.5 Å². The molecule has 0 N–H and O–H groups in total. The molecule has 0 aliphatic heterocycles. The Morgan fingerprint density at radius 3 is 2.75 bits per heavy atom. The zero-order valence-electron chi connectivity index (χ0n) is 12.1. The molecule has 3 rings (SSSR count). The van der Waals surface area contributed by atoms with E-state index in [4.69, 9.17) is 4.74 Å². The summed E-state index contributed by atoms with van der Waals surface area (Å²) in [6.45, 7) is 4.62. The monoisotopic (exact) mass is 266 g/mol. The molecule has 0 spiro atoms. The summed E-state index contributed by atoms with van der Waals surface area (Å²) >= 11 is 0. The molecule has 0 saturated heterocycles. The van der Waals surface area contributed by atoms with Crippen LogP contribution in [0, 0.1) is 13.8 Å². The number of para-hydroxylation sites is 1. The summed E-state index contributed by atoms with van der Waals surface area (Å²) in [6.07, 6.45) is 0. The van der Waals surface area contributed by atoms with Gasteiger partial charge in [0.2, 0.25) is 0 Å². The maximum atomic E-state index is 5.95. The number of ether oxygens (including phenoxy) is 1. The molecule has 2 aromatic carbocycles. The third-order valence-corrected chi connectivity index (χ3v) is 3.54. The van der Waals surface area contributed by atoms with E-state index in [9.17, 15) is 0 Å². The highest BCUT2D eigenvalue weighted by Gasteiger charge is 2.09. The second-order valence-corrected chi connectivity index (χ2v) is 5.15. The number of fused-ring (bicyclic) bond motifs is 1. The molecular formula is C17H18N2O. The third-order valence-electron chi connectivity index (χ3n) is 3.54. The zero-order chi connectivity index (χ0) is 14.1. The van der Waals surface area contributed by atoms with Gasteiger partial charge < -0.3 is 4.74 Å². The van der Waals surface area contributed by atoms with Crippen molar-refractivity contribution < 1.29 is 4.74 Å². The van der Waals surface area contributed by atoms with Crippen molar-refractivity contribution in [3.63, 3.8) is 0 Å². The standard InChI is InChI=1S/C17H18N2O/c1-12-8-9-13(2)17(10-12)20-11-15-14-6-4-5-7-16(14)19(3)18-15/h4-10H,11H2,1-3H3. The Labute approximate surface area is 118 Å². The Hall–Kier alpha value is -2.29. The fourth-order valence-electron chi connectivity index (χ4n) is 2.40. The number of aryl methyl sites for hydroxylation is 3. The molecule has 0 aliphatic rings. The van der Waals surface area contributed by atoms with Crippen molar-refractivity contribution in [3.05, 3.63) is 59.3 Å². The first-order valence-electron chi connectivity index (χ1n) is 6.76. The fraction of sp³-hybridized carbons (Fsp3) is 0.235. The van der Waals surface area contributed by atoms with E-state index in [1.54, 1.807) is 0 Å². The summed E-state index contributed by atoms with van der Waals surface area (Å²) in [5.41, 5.74) is 4.46. The van der Waals surface area contributed by atoms with Gasteiger partial charge in [0.25, 0.3) is 0 Å². The Morgan fingerprint density at radius 2 is 1.90 bits per heavy atom. The van der Waals surface area contributed by atoms with E-state index in [2.05, 4.69) is 49.3 Å². The van der Waals surface area contributed by atoms with Gasteiger partial charge in [-0.3, -0.25) is 4.68 Å². The Morgan fingerprint density at radius 1 is 1.10 bits per heavy atom. The predicted molar refractivity (Wildman–Crippen MR) is 81.0 cm³/mol. The van der Waals surface area contributed by atoms with Gasteiger partial charge >= 0.3 is 0 Å². The van der Waals surface area contributed by atoms with Gasteiger partial charge in [0.1, 0.15) is 18.1 Å². The molecule has 0 aliphatic carbocycles. The van der Waals surface area contributed by atoms with Crippen LogP contribution in [0.2, 0.25) is 0 Å². The normalized spacial score (nSPS) is 10.9. The second kappa shape index (κ2) is 5.00. The van der Waals surface area contributed by atoms with Crippen molar-refractivity contribution in [1.29, 1.82) is 0 Å². The van der Waals surface area contributed by atoms with E-state index in [0.29, 0.717) is 6.61 Å². The summed E-state index contributed by atoms with van der Waals surface area (Å²) in [4.78, 5) is 0. The lowest BCUT2D eigenvalue weighted by Gasteiger charge is -2.08.